The van der Waals surface area contributed by atoms with Crippen LogP contribution in [0.4, 0.5) is 23.2 Å². The first-order valence-corrected chi connectivity index (χ1v) is 11.2. The molecular formula is C21H20F4N2O5S. The summed E-state index contributed by atoms with van der Waals surface area (Å²) < 4.78 is 86.2. The molecule has 0 aliphatic carbocycles. The number of carbonyl (C=O) groups is 1. The number of benzene rings is 2. The fourth-order valence-electron chi connectivity index (χ4n) is 3.31. The molecule has 0 fully saturated rings. The maximum absolute atomic E-state index is 13.4. The summed E-state index contributed by atoms with van der Waals surface area (Å²) in [5, 5.41) is 2.44. The lowest BCUT2D eigenvalue weighted by atomic mass is 10.0. The highest BCUT2D eigenvalue weighted by atomic mass is 32.2. The zero-order valence-corrected chi connectivity index (χ0v) is 18.6. The van der Waals surface area contributed by atoms with E-state index in [-0.39, 0.29) is 28.0 Å². The van der Waals surface area contributed by atoms with E-state index in [2.05, 4.69) is 9.50 Å². The van der Waals surface area contributed by atoms with Gasteiger partial charge in [-0.25, -0.2) is 4.39 Å². The molecule has 3 aromatic rings. The summed E-state index contributed by atoms with van der Waals surface area (Å²) in [5.41, 5.74) is -5.25. The van der Waals surface area contributed by atoms with Gasteiger partial charge in [-0.1, -0.05) is 0 Å². The van der Waals surface area contributed by atoms with Crippen molar-refractivity contribution in [3.05, 3.63) is 47.8 Å². The minimum absolute atomic E-state index is 0.0250. The van der Waals surface area contributed by atoms with Crippen LogP contribution in [0.3, 0.4) is 0 Å². The monoisotopic (exact) mass is 488 g/mol. The topological polar surface area (TPSA) is 88.8 Å². The number of halogens is 4. The molecule has 33 heavy (non-hydrogen) atoms. The molecule has 0 atom stereocenters. The largest absolute Gasteiger partial charge is 0.534 e. The maximum Gasteiger partial charge on any atom is 0.534 e. The van der Waals surface area contributed by atoms with E-state index in [9.17, 15) is 30.8 Å². The van der Waals surface area contributed by atoms with Crippen LogP contribution < -0.4 is 14.4 Å². The minimum atomic E-state index is -5.98. The summed E-state index contributed by atoms with van der Waals surface area (Å²) >= 11 is 0. The summed E-state index contributed by atoms with van der Waals surface area (Å²) in [6.07, 6.45) is 0. The standard InChI is InChI=1S/C21H20F4N2O5S/c1-4-27(5-2)15-11-16-14(10-17(15)32-33(29,30)21(23,24)25)18(20(28)26-3)19(31-16)12-6-8-13(22)9-7-12/h6-11H,4-5H2,1-3H3,(H,26,28). The van der Waals surface area contributed by atoms with E-state index in [4.69, 9.17) is 4.42 Å². The highest BCUT2D eigenvalue weighted by molar-refractivity contribution is 7.88. The first-order valence-electron chi connectivity index (χ1n) is 9.77. The van der Waals surface area contributed by atoms with Gasteiger partial charge in [0.1, 0.15) is 17.2 Å². The molecule has 0 unspecified atom stereocenters. The van der Waals surface area contributed by atoms with Gasteiger partial charge in [0.15, 0.2) is 5.75 Å². The molecule has 0 radical (unpaired) electrons. The summed E-state index contributed by atoms with van der Waals surface area (Å²) in [5.74, 6) is -1.74. The molecule has 1 heterocycles. The second-order valence-corrected chi connectivity index (χ2v) is 8.40. The van der Waals surface area contributed by atoms with E-state index in [0.29, 0.717) is 18.7 Å². The van der Waals surface area contributed by atoms with Crippen molar-refractivity contribution in [2.75, 3.05) is 25.0 Å². The zero-order chi connectivity index (χ0) is 24.6. The Morgan fingerprint density at radius 3 is 2.24 bits per heavy atom. The van der Waals surface area contributed by atoms with Crippen LogP contribution in [-0.2, 0) is 10.1 Å². The van der Waals surface area contributed by atoms with Crippen molar-refractivity contribution >= 4 is 32.7 Å². The number of amides is 1. The Morgan fingerprint density at radius 1 is 1.12 bits per heavy atom. The fraction of sp³-hybridized carbons (Fsp3) is 0.286. The minimum Gasteiger partial charge on any atom is -0.455 e. The maximum atomic E-state index is 13.4. The van der Waals surface area contributed by atoms with E-state index in [1.807, 2.05) is 0 Å². The molecule has 1 amide bonds. The lowest BCUT2D eigenvalue weighted by Crippen LogP contribution is -2.29. The molecule has 0 aliphatic rings. The van der Waals surface area contributed by atoms with Gasteiger partial charge in [-0.15, -0.1) is 0 Å². The van der Waals surface area contributed by atoms with Crippen LogP contribution in [0.15, 0.2) is 40.8 Å². The fourth-order valence-corrected chi connectivity index (χ4v) is 3.78. The third kappa shape index (κ3) is 4.61. The van der Waals surface area contributed by atoms with Crippen LogP contribution >= 0.6 is 0 Å². The zero-order valence-electron chi connectivity index (χ0n) is 17.8. The Bertz CT molecular complexity index is 1280. The molecule has 3 rings (SSSR count). The summed E-state index contributed by atoms with van der Waals surface area (Å²) in [7, 11) is -4.64. The lowest BCUT2D eigenvalue weighted by molar-refractivity contribution is -0.0499. The molecule has 178 valence electrons. The first-order chi connectivity index (χ1) is 15.4. The van der Waals surface area contributed by atoms with Gasteiger partial charge >= 0.3 is 15.6 Å². The second-order valence-electron chi connectivity index (χ2n) is 6.86. The van der Waals surface area contributed by atoms with Crippen molar-refractivity contribution in [1.29, 1.82) is 0 Å². The molecule has 0 saturated heterocycles. The number of furan rings is 1. The van der Waals surface area contributed by atoms with E-state index >= 15 is 0 Å². The van der Waals surface area contributed by atoms with Gasteiger partial charge in [-0.05, 0) is 44.2 Å². The Balaban J connectivity index is 2.34. The number of hydrogen-bond donors (Lipinski definition) is 1. The number of rotatable bonds is 7. The van der Waals surface area contributed by atoms with Crippen molar-refractivity contribution < 1.29 is 39.4 Å². The molecular weight excluding hydrogens is 468 g/mol. The molecule has 0 bridgehead atoms. The highest BCUT2D eigenvalue weighted by Crippen LogP contribution is 2.42. The third-order valence-electron chi connectivity index (χ3n) is 4.92. The van der Waals surface area contributed by atoms with E-state index in [1.165, 1.54) is 25.2 Å². The molecule has 1 N–H and O–H groups in total. The molecule has 0 saturated carbocycles. The first kappa shape index (κ1) is 24.4. The van der Waals surface area contributed by atoms with Gasteiger partial charge in [0.2, 0.25) is 0 Å². The van der Waals surface area contributed by atoms with E-state index in [0.717, 1.165) is 18.2 Å². The number of fused-ring (bicyclic) bond motifs is 1. The summed E-state index contributed by atoms with van der Waals surface area (Å²) in [6.45, 7) is 4.08. The van der Waals surface area contributed by atoms with Gasteiger partial charge in [-0.3, -0.25) is 4.79 Å². The van der Waals surface area contributed by atoms with Crippen molar-refractivity contribution in [2.24, 2.45) is 0 Å². The number of nitrogens with one attached hydrogen (secondary N) is 1. The Hall–Kier alpha value is -3.28. The van der Waals surface area contributed by atoms with Crippen LogP contribution in [0, 0.1) is 5.82 Å². The highest BCUT2D eigenvalue weighted by Gasteiger charge is 2.49. The van der Waals surface area contributed by atoms with E-state index < -0.39 is 33.1 Å². The van der Waals surface area contributed by atoms with Crippen molar-refractivity contribution in [1.82, 2.24) is 5.32 Å². The van der Waals surface area contributed by atoms with E-state index in [1.54, 1.807) is 18.7 Å². The molecule has 7 nitrogen and oxygen atoms in total. The summed E-state index contributed by atoms with van der Waals surface area (Å²) in [4.78, 5) is 14.2. The molecule has 1 aromatic heterocycles. The number of carbonyl (C=O) groups excluding carboxylic acids is 1. The molecule has 0 spiro atoms. The molecule has 12 heteroatoms. The number of anilines is 1. The van der Waals surface area contributed by atoms with Gasteiger partial charge in [0.05, 0.1) is 11.3 Å². The third-order valence-corrected chi connectivity index (χ3v) is 5.88. The SMILES string of the molecule is CCN(CC)c1cc2oc(-c3ccc(F)cc3)c(C(=O)NC)c2cc1OS(=O)(=O)C(F)(F)F. The Labute approximate surface area is 187 Å². The second kappa shape index (κ2) is 8.93. The van der Waals surface area contributed by atoms with Crippen LogP contribution in [0.1, 0.15) is 24.2 Å². The van der Waals surface area contributed by atoms with Crippen molar-refractivity contribution in [3.63, 3.8) is 0 Å². The molecule has 2 aromatic carbocycles. The smallest absolute Gasteiger partial charge is 0.455 e. The Kier molecular flexibility index (Phi) is 6.59. The van der Waals surface area contributed by atoms with Crippen LogP contribution in [0.5, 0.6) is 5.75 Å². The average molecular weight is 488 g/mol. The number of hydrogen-bond acceptors (Lipinski definition) is 6. The predicted molar refractivity (Wildman–Crippen MR) is 114 cm³/mol. The quantitative estimate of drug-likeness (QED) is 0.295. The van der Waals surface area contributed by atoms with Crippen LogP contribution in [-0.4, -0.2) is 40.0 Å². The molecule has 0 aliphatic heterocycles. The lowest BCUT2D eigenvalue weighted by Gasteiger charge is -2.23. The van der Waals surface area contributed by atoms with Crippen LogP contribution in [0.25, 0.3) is 22.3 Å². The van der Waals surface area contributed by atoms with Crippen molar-refractivity contribution in [2.45, 2.75) is 19.4 Å². The van der Waals surface area contributed by atoms with Crippen molar-refractivity contribution in [3.8, 4) is 17.1 Å². The van der Waals surface area contributed by atoms with Gasteiger partial charge in [0, 0.05) is 37.2 Å². The van der Waals surface area contributed by atoms with Gasteiger partial charge in [-0.2, -0.15) is 21.6 Å². The van der Waals surface area contributed by atoms with Gasteiger partial charge < -0.3 is 18.8 Å². The summed E-state index contributed by atoms with van der Waals surface area (Å²) in [6, 6.07) is 7.38. The van der Waals surface area contributed by atoms with Crippen LogP contribution in [0.2, 0.25) is 0 Å². The van der Waals surface area contributed by atoms with Gasteiger partial charge in [0.25, 0.3) is 5.91 Å². The predicted octanol–water partition coefficient (Wildman–Crippen LogP) is 4.67. The average Bonchev–Trinajstić information content (AvgIpc) is 3.12. The number of nitrogens with zero attached hydrogens (tertiary/aromatic N) is 1. The number of alkyl halides is 3. The Morgan fingerprint density at radius 2 is 1.73 bits per heavy atom. The normalized spacial score (nSPS) is 12.1.